The summed E-state index contributed by atoms with van der Waals surface area (Å²) < 4.78 is 4.30. The van der Waals surface area contributed by atoms with Gasteiger partial charge in [-0.25, -0.2) is 0 Å². The molecule has 0 unspecified atom stereocenters. The fraction of sp³-hybridized carbons (Fsp3) is 0.0909. The lowest BCUT2D eigenvalue weighted by molar-refractivity contribution is 1.07. The second-order valence-corrected chi connectivity index (χ2v) is 18.0. The molecule has 7 heteroatoms. The third kappa shape index (κ3) is 6.13. The number of rotatable bonds is 8. The van der Waals surface area contributed by atoms with E-state index >= 15 is 0 Å². The molecule has 51 heavy (non-hydrogen) atoms. The number of para-hydroxylation sites is 2. The Morgan fingerprint density at radius 2 is 0.627 bits per heavy atom. The molecule has 2 aromatic heterocycles. The summed E-state index contributed by atoms with van der Waals surface area (Å²) in [4.78, 5) is 0. The molecule has 2 heterocycles. The van der Waals surface area contributed by atoms with Crippen LogP contribution >= 0.6 is 0 Å². The molecule has 0 spiro atoms. The van der Waals surface area contributed by atoms with Gasteiger partial charge in [0, 0.05) is 33.6 Å². The van der Waals surface area contributed by atoms with Gasteiger partial charge in [0.25, 0.3) is 0 Å². The van der Waals surface area contributed by atoms with Crippen molar-refractivity contribution in [3.63, 3.8) is 0 Å². The molecule has 0 radical (unpaired) electrons. The zero-order valence-electron chi connectivity index (χ0n) is 29.2. The summed E-state index contributed by atoms with van der Waals surface area (Å²) in [6, 6.07) is 55.4. The molecule has 0 aliphatic heterocycles. The highest BCUT2D eigenvalue weighted by molar-refractivity contribution is 7.00. The van der Waals surface area contributed by atoms with Crippen LogP contribution in [-0.2, 0) is 0 Å². The molecule has 0 fully saturated rings. The van der Waals surface area contributed by atoms with Crippen LogP contribution in [0.25, 0.3) is 56.9 Å². The van der Waals surface area contributed by atoms with Gasteiger partial charge in [0.15, 0.2) is 23.3 Å². The van der Waals surface area contributed by atoms with Crippen molar-refractivity contribution in [2.24, 2.45) is 0 Å². The molecule has 0 atom stereocenters. The first kappa shape index (κ1) is 32.0. The third-order valence-electron chi connectivity index (χ3n) is 9.70. The van der Waals surface area contributed by atoms with Crippen molar-refractivity contribution in [3.8, 4) is 56.9 Å². The van der Waals surface area contributed by atoms with Gasteiger partial charge in [-0.15, -0.1) is 20.4 Å². The Morgan fingerprint density at radius 1 is 0.353 bits per heavy atom. The van der Waals surface area contributed by atoms with Gasteiger partial charge in [-0.3, -0.25) is 9.13 Å². The van der Waals surface area contributed by atoms with Crippen molar-refractivity contribution in [1.82, 2.24) is 29.5 Å². The van der Waals surface area contributed by atoms with E-state index in [1.54, 1.807) is 0 Å². The average Bonchev–Trinajstić information content (AvgIpc) is 3.82. The monoisotopic (exact) mass is 678 g/mol. The Kier molecular flexibility index (Phi) is 8.34. The highest BCUT2D eigenvalue weighted by atomic mass is 28.3. The van der Waals surface area contributed by atoms with E-state index < -0.39 is 8.07 Å². The number of aromatic nitrogens is 6. The predicted molar refractivity (Wildman–Crippen MR) is 211 cm³/mol. The Morgan fingerprint density at radius 3 is 0.922 bits per heavy atom. The molecular weight excluding hydrogens is 641 g/mol. The largest absolute Gasteiger partial charge is 0.275 e. The van der Waals surface area contributed by atoms with Gasteiger partial charge in [0.2, 0.25) is 0 Å². The van der Waals surface area contributed by atoms with Gasteiger partial charge in [0.1, 0.15) is 8.07 Å². The van der Waals surface area contributed by atoms with Crippen LogP contribution in [0.2, 0.25) is 13.1 Å². The minimum absolute atomic E-state index is 0.819. The second-order valence-electron chi connectivity index (χ2n) is 13.5. The second kappa shape index (κ2) is 13.3. The van der Waals surface area contributed by atoms with Gasteiger partial charge < -0.3 is 0 Å². The standard InChI is InChI=1S/C44H38N6Si/c1-31-15-19-33(20-16-31)41-45-47-43(49(41)37-11-7-5-8-12-37)35-23-27-39(28-24-35)51(3,4)40-29-25-36(26-30-40)44-48-46-42(34-21-17-32(2)18-22-34)50(44)38-13-9-6-10-14-38/h5-30H,1-4H3. The molecule has 8 aromatic rings. The van der Waals surface area contributed by atoms with E-state index in [4.69, 9.17) is 10.2 Å². The summed E-state index contributed by atoms with van der Waals surface area (Å²) in [6.07, 6.45) is 0. The normalized spacial score (nSPS) is 11.5. The Bertz CT molecular complexity index is 2240. The summed E-state index contributed by atoms with van der Waals surface area (Å²) >= 11 is 0. The quantitative estimate of drug-likeness (QED) is 0.151. The molecule has 0 bridgehead atoms. The smallest absolute Gasteiger partial charge is 0.168 e. The lowest BCUT2D eigenvalue weighted by atomic mass is 10.1. The summed E-state index contributed by atoms with van der Waals surface area (Å²) in [7, 11) is -2.05. The molecule has 0 saturated carbocycles. The molecule has 0 aliphatic carbocycles. The third-order valence-corrected chi connectivity index (χ3v) is 13.3. The maximum absolute atomic E-state index is 4.72. The first-order valence-corrected chi connectivity index (χ1v) is 20.2. The average molecular weight is 679 g/mol. The molecule has 248 valence electrons. The van der Waals surface area contributed by atoms with E-state index in [0.29, 0.717) is 0 Å². The van der Waals surface area contributed by atoms with Gasteiger partial charge in [-0.05, 0) is 38.1 Å². The van der Waals surface area contributed by atoms with Crippen LogP contribution < -0.4 is 10.4 Å². The molecule has 0 aliphatic rings. The van der Waals surface area contributed by atoms with Crippen molar-refractivity contribution in [2.45, 2.75) is 26.9 Å². The number of hydrogen-bond donors (Lipinski definition) is 0. The number of hydrogen-bond acceptors (Lipinski definition) is 4. The Hall–Kier alpha value is -6.18. The van der Waals surface area contributed by atoms with Crippen molar-refractivity contribution in [2.75, 3.05) is 0 Å². The summed E-state index contributed by atoms with van der Waals surface area (Å²) in [6.45, 7) is 9.00. The van der Waals surface area contributed by atoms with E-state index in [2.05, 4.69) is 192 Å². The minimum Gasteiger partial charge on any atom is -0.275 e. The topological polar surface area (TPSA) is 61.4 Å². The Labute approximate surface area is 299 Å². The van der Waals surface area contributed by atoms with E-state index in [1.807, 2.05) is 12.1 Å². The lowest BCUT2D eigenvalue weighted by Crippen LogP contribution is -2.52. The molecule has 0 N–H and O–H groups in total. The molecule has 0 amide bonds. The van der Waals surface area contributed by atoms with Gasteiger partial charge >= 0.3 is 0 Å². The SMILES string of the molecule is Cc1ccc(-c2nnc(-c3ccc([Si](C)(C)c4ccc(-c5nnc(-c6ccc(C)cc6)n5-c5ccccc5)cc4)cc3)n2-c2ccccc2)cc1. The molecule has 6 nitrogen and oxygen atoms in total. The van der Waals surface area contributed by atoms with E-state index in [1.165, 1.54) is 21.5 Å². The van der Waals surface area contributed by atoms with E-state index in [9.17, 15) is 0 Å². The van der Waals surface area contributed by atoms with Crippen molar-refractivity contribution >= 4 is 18.4 Å². The van der Waals surface area contributed by atoms with Crippen LogP contribution in [0.3, 0.4) is 0 Å². The molecule has 6 aromatic carbocycles. The highest BCUT2D eigenvalue weighted by Crippen LogP contribution is 2.30. The lowest BCUT2D eigenvalue weighted by Gasteiger charge is -2.24. The summed E-state index contributed by atoms with van der Waals surface area (Å²) in [5, 5.41) is 21.5. The highest BCUT2D eigenvalue weighted by Gasteiger charge is 2.27. The molecular formula is C44H38N6Si. The number of benzene rings is 6. The van der Waals surface area contributed by atoms with Gasteiger partial charge in [-0.2, -0.15) is 0 Å². The zero-order valence-corrected chi connectivity index (χ0v) is 30.2. The fourth-order valence-electron chi connectivity index (χ4n) is 6.60. The minimum atomic E-state index is -2.05. The molecule has 8 rings (SSSR count). The predicted octanol–water partition coefficient (Wildman–Crippen LogP) is 8.96. The van der Waals surface area contributed by atoms with Crippen LogP contribution in [0.15, 0.2) is 158 Å². The summed E-state index contributed by atoms with van der Waals surface area (Å²) in [5.74, 6) is 3.28. The Balaban J connectivity index is 1.11. The van der Waals surface area contributed by atoms with Crippen LogP contribution in [-0.4, -0.2) is 37.6 Å². The zero-order chi connectivity index (χ0) is 35.0. The van der Waals surface area contributed by atoms with Crippen LogP contribution in [0, 0.1) is 13.8 Å². The van der Waals surface area contributed by atoms with Gasteiger partial charge in [0.05, 0.1) is 0 Å². The van der Waals surface area contributed by atoms with Crippen molar-refractivity contribution in [1.29, 1.82) is 0 Å². The van der Waals surface area contributed by atoms with Crippen LogP contribution in [0.5, 0.6) is 0 Å². The first-order chi connectivity index (χ1) is 24.9. The number of nitrogens with zero attached hydrogens (tertiary/aromatic N) is 6. The van der Waals surface area contributed by atoms with Crippen LogP contribution in [0.4, 0.5) is 0 Å². The van der Waals surface area contributed by atoms with Crippen molar-refractivity contribution in [3.05, 3.63) is 169 Å². The van der Waals surface area contributed by atoms with Crippen molar-refractivity contribution < 1.29 is 0 Å². The fourth-order valence-corrected chi connectivity index (χ4v) is 8.94. The maximum atomic E-state index is 4.72. The summed E-state index contributed by atoms with van der Waals surface area (Å²) in [5.41, 5.74) is 8.60. The maximum Gasteiger partial charge on any atom is 0.168 e. The van der Waals surface area contributed by atoms with E-state index in [-0.39, 0.29) is 0 Å². The van der Waals surface area contributed by atoms with E-state index in [0.717, 1.165) is 56.9 Å². The van der Waals surface area contributed by atoms with Gasteiger partial charge in [-0.1, -0.05) is 168 Å². The first-order valence-electron chi connectivity index (χ1n) is 17.2. The number of aryl methyl sites for hydroxylation is 2. The van der Waals surface area contributed by atoms with Crippen LogP contribution in [0.1, 0.15) is 11.1 Å². The molecule has 0 saturated heterocycles.